The first kappa shape index (κ1) is 23.1. The van der Waals surface area contributed by atoms with Crippen LogP contribution in [-0.2, 0) is 4.74 Å². The van der Waals surface area contributed by atoms with Gasteiger partial charge in [0.05, 0.1) is 12.6 Å². The van der Waals surface area contributed by atoms with E-state index in [4.69, 9.17) is 15.5 Å². The lowest BCUT2D eigenvalue weighted by atomic mass is 9.97. The predicted molar refractivity (Wildman–Crippen MR) is 123 cm³/mol. The molecule has 0 aliphatic carbocycles. The maximum absolute atomic E-state index is 6.30. The molecule has 8 nitrogen and oxygen atoms in total. The molecule has 1 aromatic heterocycles. The van der Waals surface area contributed by atoms with Crippen LogP contribution in [-0.4, -0.2) is 90.3 Å². The molecule has 0 radical (unpaired) electrons. The van der Waals surface area contributed by atoms with E-state index in [9.17, 15) is 0 Å². The lowest BCUT2D eigenvalue weighted by Crippen LogP contribution is -2.53. The lowest BCUT2D eigenvalue weighted by Gasteiger charge is -2.42. The van der Waals surface area contributed by atoms with Crippen LogP contribution in [0.2, 0.25) is 0 Å². The molecular weight excluding hydrogens is 469 g/mol. The first-order valence-corrected chi connectivity index (χ1v) is 9.84. The zero-order valence-corrected chi connectivity index (χ0v) is 19.6. The van der Waals surface area contributed by atoms with Gasteiger partial charge < -0.3 is 20.3 Å². The quantitative estimate of drug-likeness (QED) is 0.370. The molecule has 2 aliphatic heterocycles. The topological polar surface area (TPSA) is 83.1 Å². The third kappa shape index (κ3) is 5.90. The summed E-state index contributed by atoms with van der Waals surface area (Å²) in [7, 11) is 1.81. The van der Waals surface area contributed by atoms with Crippen LogP contribution < -0.4 is 10.6 Å². The van der Waals surface area contributed by atoms with Gasteiger partial charge in [-0.25, -0.2) is 9.97 Å². The minimum Gasteiger partial charge on any atom is -0.381 e. The van der Waals surface area contributed by atoms with Crippen molar-refractivity contribution in [3.63, 3.8) is 0 Å². The van der Waals surface area contributed by atoms with Gasteiger partial charge in [0.15, 0.2) is 5.96 Å². The van der Waals surface area contributed by atoms with Crippen LogP contribution in [0, 0.1) is 0 Å². The summed E-state index contributed by atoms with van der Waals surface area (Å²) in [6.45, 7) is 10.7. The van der Waals surface area contributed by atoms with Crippen molar-refractivity contribution >= 4 is 35.9 Å². The zero-order chi connectivity index (χ0) is 19.3. The number of likely N-dealkylation sites (tertiary alicyclic amines) is 1. The normalized spacial score (nSPS) is 20.2. The number of methoxy groups -OCH3 is 1. The average molecular weight is 503 g/mol. The van der Waals surface area contributed by atoms with Gasteiger partial charge in [-0.05, 0) is 32.8 Å². The summed E-state index contributed by atoms with van der Waals surface area (Å²) in [4.78, 5) is 20.2. The van der Waals surface area contributed by atoms with Crippen molar-refractivity contribution in [1.82, 2.24) is 19.8 Å². The molecule has 0 unspecified atom stereocenters. The number of anilines is 1. The van der Waals surface area contributed by atoms with Gasteiger partial charge in [-0.1, -0.05) is 0 Å². The number of rotatable bonds is 5. The molecule has 1 aromatic rings. The number of piperidine rings is 1. The standard InChI is InChI=1S/C19H33N7O.HI/c1-19(2,26-9-5-16(27-3)6-10-26)15-23-17(20)24-11-13-25(14-12-24)18-21-7-4-8-22-18;/h4,7-8,16H,5-6,9-15H2,1-3H3,(H2,20,23);1H. The smallest absolute Gasteiger partial charge is 0.225 e. The monoisotopic (exact) mass is 503 g/mol. The summed E-state index contributed by atoms with van der Waals surface area (Å²) in [6, 6.07) is 1.84. The largest absolute Gasteiger partial charge is 0.381 e. The Kier molecular flexibility index (Phi) is 8.69. The highest BCUT2D eigenvalue weighted by atomic mass is 127. The molecule has 0 aromatic carbocycles. The van der Waals surface area contributed by atoms with Crippen LogP contribution in [0.4, 0.5) is 5.95 Å². The number of guanidine groups is 1. The fraction of sp³-hybridized carbons (Fsp3) is 0.737. The third-order valence-corrected chi connectivity index (χ3v) is 5.70. The summed E-state index contributed by atoms with van der Waals surface area (Å²) < 4.78 is 5.48. The highest BCUT2D eigenvalue weighted by Crippen LogP contribution is 2.22. The van der Waals surface area contributed by atoms with Gasteiger partial charge in [0, 0.05) is 64.3 Å². The Morgan fingerprint density at radius 1 is 1.14 bits per heavy atom. The van der Waals surface area contributed by atoms with Gasteiger partial charge in [-0.3, -0.25) is 9.89 Å². The third-order valence-electron chi connectivity index (χ3n) is 5.70. The summed E-state index contributed by atoms with van der Waals surface area (Å²) in [5, 5.41) is 0. The molecule has 2 aliphatic rings. The molecule has 28 heavy (non-hydrogen) atoms. The minimum absolute atomic E-state index is 0. The molecule has 0 bridgehead atoms. The van der Waals surface area contributed by atoms with Crippen LogP contribution in [0.5, 0.6) is 0 Å². The second-order valence-corrected chi connectivity index (χ2v) is 7.93. The van der Waals surface area contributed by atoms with Crippen molar-refractivity contribution in [2.45, 2.75) is 38.3 Å². The average Bonchev–Trinajstić information content (AvgIpc) is 2.73. The molecule has 2 saturated heterocycles. The Labute approximate surface area is 185 Å². The van der Waals surface area contributed by atoms with E-state index in [2.05, 4.69) is 38.5 Å². The Morgan fingerprint density at radius 3 is 2.32 bits per heavy atom. The highest BCUT2D eigenvalue weighted by Gasteiger charge is 2.31. The molecule has 0 saturated carbocycles. The van der Waals surface area contributed by atoms with Crippen molar-refractivity contribution < 1.29 is 4.74 Å². The number of hydrogen-bond acceptors (Lipinski definition) is 6. The molecule has 0 amide bonds. The highest BCUT2D eigenvalue weighted by molar-refractivity contribution is 14.0. The molecule has 158 valence electrons. The van der Waals surface area contributed by atoms with Gasteiger partial charge in [-0.15, -0.1) is 24.0 Å². The van der Waals surface area contributed by atoms with Crippen molar-refractivity contribution in [3.05, 3.63) is 18.5 Å². The van der Waals surface area contributed by atoms with Crippen LogP contribution >= 0.6 is 24.0 Å². The maximum Gasteiger partial charge on any atom is 0.225 e. The van der Waals surface area contributed by atoms with Crippen molar-refractivity contribution in [1.29, 1.82) is 0 Å². The number of nitrogens with two attached hydrogens (primary N) is 1. The van der Waals surface area contributed by atoms with E-state index in [1.165, 1.54) is 0 Å². The second-order valence-electron chi connectivity index (χ2n) is 7.93. The summed E-state index contributed by atoms with van der Waals surface area (Å²) in [5.74, 6) is 1.43. The van der Waals surface area contributed by atoms with Gasteiger partial charge >= 0.3 is 0 Å². The number of piperazine rings is 1. The van der Waals surface area contributed by atoms with Gasteiger partial charge in [0.2, 0.25) is 5.95 Å². The van der Waals surface area contributed by atoms with Crippen LogP contribution in [0.15, 0.2) is 23.5 Å². The maximum atomic E-state index is 6.30. The molecule has 9 heteroatoms. The van der Waals surface area contributed by atoms with Gasteiger partial charge in [0.1, 0.15) is 0 Å². The van der Waals surface area contributed by atoms with E-state index in [0.29, 0.717) is 18.6 Å². The number of hydrogen-bond donors (Lipinski definition) is 1. The number of nitrogens with zero attached hydrogens (tertiary/aromatic N) is 6. The summed E-state index contributed by atoms with van der Waals surface area (Å²) in [6.07, 6.45) is 6.13. The van der Waals surface area contributed by atoms with Gasteiger partial charge in [-0.2, -0.15) is 0 Å². The lowest BCUT2D eigenvalue weighted by molar-refractivity contribution is 0.00905. The molecule has 0 spiro atoms. The summed E-state index contributed by atoms with van der Waals surface area (Å²) in [5.41, 5.74) is 6.30. The molecule has 3 heterocycles. The van der Waals surface area contributed by atoms with Crippen molar-refractivity contribution in [3.8, 4) is 0 Å². The predicted octanol–water partition coefficient (Wildman–Crippen LogP) is 1.42. The first-order valence-electron chi connectivity index (χ1n) is 9.84. The Morgan fingerprint density at radius 2 is 1.75 bits per heavy atom. The second kappa shape index (κ2) is 10.5. The molecular formula is C19H34IN7O. The van der Waals surface area contributed by atoms with Crippen LogP contribution in [0.25, 0.3) is 0 Å². The van der Waals surface area contributed by atoms with Crippen LogP contribution in [0.3, 0.4) is 0 Å². The number of aromatic nitrogens is 2. The number of halogens is 1. The SMILES string of the molecule is COC1CCN(C(C)(C)CN=C(N)N2CCN(c3ncccn3)CC2)CC1.I. The Hall–Kier alpha value is -1.20. The van der Waals surface area contributed by atoms with E-state index in [1.54, 1.807) is 19.5 Å². The number of aliphatic imine (C=N–C) groups is 1. The number of ether oxygens (including phenoxy) is 1. The fourth-order valence-corrected chi connectivity index (χ4v) is 3.76. The van der Waals surface area contributed by atoms with E-state index < -0.39 is 0 Å². The minimum atomic E-state index is 0. The summed E-state index contributed by atoms with van der Waals surface area (Å²) >= 11 is 0. The molecule has 2 N–H and O–H groups in total. The van der Waals surface area contributed by atoms with E-state index >= 15 is 0 Å². The zero-order valence-electron chi connectivity index (χ0n) is 17.3. The van der Waals surface area contributed by atoms with Crippen molar-refractivity contribution in [2.24, 2.45) is 10.7 Å². The van der Waals surface area contributed by atoms with Crippen molar-refractivity contribution in [2.75, 3.05) is 57.8 Å². The molecule has 3 rings (SSSR count). The fourth-order valence-electron chi connectivity index (χ4n) is 3.76. The van der Waals surface area contributed by atoms with Gasteiger partial charge in [0.25, 0.3) is 0 Å². The van der Waals surface area contributed by atoms with E-state index in [0.717, 1.165) is 58.1 Å². The Bertz CT molecular complexity index is 612. The molecule has 2 fully saturated rings. The van der Waals surface area contributed by atoms with E-state index in [1.807, 2.05) is 6.07 Å². The first-order chi connectivity index (χ1) is 13.0. The molecule has 0 atom stereocenters. The van der Waals surface area contributed by atoms with E-state index in [-0.39, 0.29) is 29.5 Å². The van der Waals surface area contributed by atoms with Crippen LogP contribution in [0.1, 0.15) is 26.7 Å². The Balaban J connectivity index is 0.00000280.